The predicted molar refractivity (Wildman–Crippen MR) is 138 cm³/mol. The zero-order valence-corrected chi connectivity index (χ0v) is 21.6. The highest BCUT2D eigenvalue weighted by atomic mass is 16.5. The normalized spacial score (nSPS) is 14.4. The highest BCUT2D eigenvalue weighted by molar-refractivity contribution is 6.09. The Morgan fingerprint density at radius 1 is 1.03 bits per heavy atom. The molecule has 8 nitrogen and oxygen atoms in total. The molecule has 1 aliphatic heterocycles. The molecule has 1 aromatic heterocycles. The van der Waals surface area contributed by atoms with E-state index in [1.54, 1.807) is 32.1 Å². The van der Waals surface area contributed by atoms with Gasteiger partial charge in [0.2, 0.25) is 0 Å². The summed E-state index contributed by atoms with van der Waals surface area (Å²) in [6.45, 7) is 4.09. The molecular formula is C29H32N2O6. The minimum atomic E-state index is -0.735. The number of hydrogen-bond donors (Lipinski definition) is 1. The fourth-order valence-electron chi connectivity index (χ4n) is 4.75. The highest BCUT2D eigenvalue weighted by Crippen LogP contribution is 2.42. The Balaban J connectivity index is 1.83. The van der Waals surface area contributed by atoms with Gasteiger partial charge in [-0.15, -0.1) is 0 Å². The fraction of sp³-hybridized carbons (Fsp3) is 0.345. The molecule has 0 radical (unpaired) electrons. The zero-order valence-electron chi connectivity index (χ0n) is 21.6. The van der Waals surface area contributed by atoms with Crippen molar-refractivity contribution in [2.75, 3.05) is 20.8 Å². The average Bonchev–Trinajstić information content (AvgIpc) is 3.15. The molecular weight excluding hydrogens is 472 g/mol. The van der Waals surface area contributed by atoms with E-state index in [4.69, 9.17) is 19.2 Å². The monoisotopic (exact) mass is 504 g/mol. The van der Waals surface area contributed by atoms with Crippen molar-refractivity contribution in [1.29, 1.82) is 0 Å². The van der Waals surface area contributed by atoms with Gasteiger partial charge in [-0.1, -0.05) is 43.7 Å². The summed E-state index contributed by atoms with van der Waals surface area (Å²) in [4.78, 5) is 33.4. The number of esters is 1. The van der Waals surface area contributed by atoms with Gasteiger partial charge in [0.15, 0.2) is 5.75 Å². The van der Waals surface area contributed by atoms with Crippen LogP contribution in [0.5, 0.6) is 17.2 Å². The fourth-order valence-corrected chi connectivity index (χ4v) is 4.75. The van der Waals surface area contributed by atoms with Crippen molar-refractivity contribution < 1.29 is 28.9 Å². The average molecular weight is 505 g/mol. The first-order chi connectivity index (χ1) is 17.9. The number of benzene rings is 2. The lowest BCUT2D eigenvalue weighted by Gasteiger charge is -2.25. The molecule has 0 aliphatic carbocycles. The third-order valence-corrected chi connectivity index (χ3v) is 6.46. The molecule has 0 saturated heterocycles. The highest BCUT2D eigenvalue weighted by Gasteiger charge is 2.43. The van der Waals surface area contributed by atoms with Gasteiger partial charge in [-0.25, -0.2) is 4.79 Å². The van der Waals surface area contributed by atoms with E-state index in [2.05, 4.69) is 0 Å². The molecule has 1 amide bonds. The maximum atomic E-state index is 13.9. The second-order valence-electron chi connectivity index (χ2n) is 8.88. The van der Waals surface area contributed by atoms with Crippen LogP contribution in [0, 0.1) is 0 Å². The van der Waals surface area contributed by atoms with Crippen LogP contribution >= 0.6 is 0 Å². The van der Waals surface area contributed by atoms with E-state index in [0.29, 0.717) is 35.7 Å². The maximum absolute atomic E-state index is 13.9. The van der Waals surface area contributed by atoms with Crippen LogP contribution in [0.3, 0.4) is 0 Å². The summed E-state index contributed by atoms with van der Waals surface area (Å²) in [5.74, 6) is -0.194. The number of amides is 1. The van der Waals surface area contributed by atoms with Crippen LogP contribution < -0.4 is 9.47 Å². The van der Waals surface area contributed by atoms with E-state index in [1.165, 1.54) is 0 Å². The standard InChI is InChI=1S/C29H32N2O6/c1-5-10-23-26-24(28(33)31(23)17-19-13-20(35-3)16-21(14-19)36-4)25(29(34)37-6-2)27(32)22(30-26)15-18-11-8-7-9-12-18/h7-9,11-14,16,23,32H,5-6,10,15,17H2,1-4H3. The molecule has 0 spiro atoms. The van der Waals surface area contributed by atoms with Crippen LogP contribution in [0.4, 0.5) is 0 Å². The second-order valence-corrected chi connectivity index (χ2v) is 8.88. The van der Waals surface area contributed by atoms with Crippen molar-refractivity contribution in [2.45, 2.75) is 45.7 Å². The number of aromatic hydroxyl groups is 1. The zero-order chi connectivity index (χ0) is 26.5. The van der Waals surface area contributed by atoms with Gasteiger partial charge in [-0.3, -0.25) is 9.78 Å². The summed E-state index contributed by atoms with van der Waals surface area (Å²) in [6, 6.07) is 14.7. The molecule has 1 N–H and O–H groups in total. The molecule has 0 saturated carbocycles. The molecule has 0 bridgehead atoms. The number of carbonyl (C=O) groups excluding carboxylic acids is 2. The van der Waals surface area contributed by atoms with Crippen LogP contribution in [0.2, 0.25) is 0 Å². The summed E-state index contributed by atoms with van der Waals surface area (Å²) in [7, 11) is 3.14. The lowest BCUT2D eigenvalue weighted by Crippen LogP contribution is -2.28. The van der Waals surface area contributed by atoms with E-state index in [-0.39, 0.29) is 42.0 Å². The third-order valence-electron chi connectivity index (χ3n) is 6.46. The van der Waals surface area contributed by atoms with Gasteiger partial charge >= 0.3 is 5.97 Å². The third kappa shape index (κ3) is 5.23. The number of hydrogen-bond acceptors (Lipinski definition) is 7. The number of pyridine rings is 1. The number of nitrogens with zero attached hydrogens (tertiary/aromatic N) is 2. The molecule has 1 atom stereocenters. The second kappa shape index (κ2) is 11.3. The van der Waals surface area contributed by atoms with Crippen LogP contribution in [0.15, 0.2) is 48.5 Å². The minimum absolute atomic E-state index is 0.112. The molecule has 3 aromatic rings. The van der Waals surface area contributed by atoms with Crippen LogP contribution in [0.25, 0.3) is 0 Å². The largest absolute Gasteiger partial charge is 0.505 e. The lowest BCUT2D eigenvalue weighted by molar-refractivity contribution is 0.0515. The Kier molecular flexibility index (Phi) is 7.96. The van der Waals surface area contributed by atoms with Crippen molar-refractivity contribution in [3.63, 3.8) is 0 Å². The summed E-state index contributed by atoms with van der Waals surface area (Å²) >= 11 is 0. The summed E-state index contributed by atoms with van der Waals surface area (Å²) < 4.78 is 16.1. The van der Waals surface area contributed by atoms with E-state index in [1.807, 2.05) is 49.4 Å². The Hall–Kier alpha value is -4.07. The van der Waals surface area contributed by atoms with E-state index in [9.17, 15) is 14.7 Å². The number of rotatable bonds is 10. The predicted octanol–water partition coefficient (Wildman–Crippen LogP) is 5.07. The molecule has 8 heteroatoms. The van der Waals surface area contributed by atoms with Crippen LogP contribution in [-0.4, -0.2) is 47.7 Å². The van der Waals surface area contributed by atoms with E-state index in [0.717, 1.165) is 17.5 Å². The summed E-state index contributed by atoms with van der Waals surface area (Å²) in [5, 5.41) is 11.2. The number of carbonyl (C=O) groups is 2. The van der Waals surface area contributed by atoms with Crippen molar-refractivity contribution >= 4 is 11.9 Å². The Bertz CT molecular complexity index is 1270. The molecule has 2 aromatic carbocycles. The first-order valence-corrected chi connectivity index (χ1v) is 12.4. The lowest BCUT2D eigenvalue weighted by atomic mass is 9.98. The minimum Gasteiger partial charge on any atom is -0.505 e. The van der Waals surface area contributed by atoms with Crippen molar-refractivity contribution in [3.05, 3.63) is 82.2 Å². The first kappa shape index (κ1) is 26.0. The van der Waals surface area contributed by atoms with Gasteiger partial charge in [0.25, 0.3) is 5.91 Å². The number of methoxy groups -OCH3 is 2. The first-order valence-electron chi connectivity index (χ1n) is 12.4. The molecule has 2 heterocycles. The van der Waals surface area contributed by atoms with Gasteiger partial charge in [0.05, 0.1) is 43.8 Å². The molecule has 1 unspecified atom stereocenters. The molecule has 194 valence electrons. The topological polar surface area (TPSA) is 98.2 Å². The smallest absolute Gasteiger partial charge is 0.342 e. The molecule has 1 aliphatic rings. The summed E-state index contributed by atoms with van der Waals surface area (Å²) in [5.41, 5.74) is 2.57. The van der Waals surface area contributed by atoms with Crippen molar-refractivity contribution in [3.8, 4) is 17.2 Å². The van der Waals surface area contributed by atoms with Gasteiger partial charge in [-0.05, 0) is 36.6 Å². The van der Waals surface area contributed by atoms with Gasteiger partial charge in [-0.2, -0.15) is 0 Å². The van der Waals surface area contributed by atoms with E-state index >= 15 is 0 Å². The molecule has 37 heavy (non-hydrogen) atoms. The number of ether oxygens (including phenoxy) is 3. The molecule has 0 fully saturated rings. The maximum Gasteiger partial charge on any atom is 0.342 e. The van der Waals surface area contributed by atoms with Crippen LogP contribution in [-0.2, 0) is 17.7 Å². The van der Waals surface area contributed by atoms with E-state index < -0.39 is 5.97 Å². The van der Waals surface area contributed by atoms with Crippen LogP contribution in [0.1, 0.15) is 76.0 Å². The quantitative estimate of drug-likeness (QED) is 0.385. The van der Waals surface area contributed by atoms with Gasteiger partial charge in [0.1, 0.15) is 17.1 Å². The molecule has 4 rings (SSSR count). The Morgan fingerprint density at radius 3 is 2.30 bits per heavy atom. The van der Waals surface area contributed by atoms with Gasteiger partial charge in [0, 0.05) is 19.0 Å². The number of aromatic nitrogens is 1. The van der Waals surface area contributed by atoms with Crippen molar-refractivity contribution in [1.82, 2.24) is 9.88 Å². The Labute approximate surface area is 216 Å². The number of fused-ring (bicyclic) bond motifs is 1. The Morgan fingerprint density at radius 2 is 1.70 bits per heavy atom. The van der Waals surface area contributed by atoms with Gasteiger partial charge < -0.3 is 24.2 Å². The summed E-state index contributed by atoms with van der Waals surface area (Å²) in [6.07, 6.45) is 1.75. The van der Waals surface area contributed by atoms with Crippen molar-refractivity contribution in [2.24, 2.45) is 0 Å². The SMILES string of the molecule is CCCC1c2nc(Cc3ccccc3)c(O)c(C(=O)OCC)c2C(=O)N1Cc1cc(OC)cc(OC)c1.